The lowest BCUT2D eigenvalue weighted by atomic mass is 10.3. The third-order valence-electron chi connectivity index (χ3n) is 3.22. The summed E-state index contributed by atoms with van der Waals surface area (Å²) in [6.45, 7) is 6.31. The van der Waals surface area contributed by atoms with Crippen LogP contribution in [0.1, 0.15) is 37.7 Å². The van der Waals surface area contributed by atoms with Gasteiger partial charge in [-0.3, -0.25) is 10.1 Å². The van der Waals surface area contributed by atoms with E-state index in [9.17, 15) is 4.79 Å². The molecule has 0 aliphatic carbocycles. The Morgan fingerprint density at radius 2 is 2.32 bits per heavy atom. The largest absolute Gasteiger partial charge is 0.381 e. The summed E-state index contributed by atoms with van der Waals surface area (Å²) < 4.78 is 5.47. The highest BCUT2D eigenvalue weighted by atomic mass is 32.1. The highest BCUT2D eigenvalue weighted by Crippen LogP contribution is 2.28. The molecule has 0 spiro atoms. The first-order valence-electron chi connectivity index (χ1n) is 6.91. The van der Waals surface area contributed by atoms with E-state index in [4.69, 9.17) is 4.74 Å². The number of thiophene rings is 1. The molecule has 1 aromatic rings. The SMILES string of the molecule is CCCOCCCN1C(=O)C(C)NC1c1cccs1. The molecule has 1 aromatic heterocycles. The number of amides is 1. The Bertz CT molecular complexity index is 394. The molecule has 4 nitrogen and oxygen atoms in total. The Labute approximate surface area is 118 Å². The number of nitrogens with zero attached hydrogens (tertiary/aromatic N) is 1. The summed E-state index contributed by atoms with van der Waals surface area (Å²) >= 11 is 1.69. The highest BCUT2D eigenvalue weighted by molar-refractivity contribution is 7.10. The normalized spacial score (nSPS) is 23.3. The lowest BCUT2D eigenvalue weighted by Gasteiger charge is -2.23. The number of ether oxygens (including phenoxy) is 1. The van der Waals surface area contributed by atoms with Crippen LogP contribution in [0.25, 0.3) is 0 Å². The van der Waals surface area contributed by atoms with E-state index in [1.54, 1.807) is 11.3 Å². The maximum Gasteiger partial charge on any atom is 0.241 e. The zero-order valence-electron chi connectivity index (χ0n) is 11.6. The van der Waals surface area contributed by atoms with E-state index in [-0.39, 0.29) is 18.1 Å². The summed E-state index contributed by atoms with van der Waals surface area (Å²) in [5, 5.41) is 5.40. The van der Waals surface area contributed by atoms with E-state index in [0.717, 1.165) is 32.6 Å². The van der Waals surface area contributed by atoms with Gasteiger partial charge in [0.05, 0.1) is 6.04 Å². The molecule has 1 aliphatic rings. The molecule has 106 valence electrons. The maximum absolute atomic E-state index is 12.2. The molecule has 2 heterocycles. The summed E-state index contributed by atoms with van der Waals surface area (Å²) in [5.41, 5.74) is 0. The Morgan fingerprint density at radius 3 is 3.00 bits per heavy atom. The molecule has 1 aliphatic heterocycles. The molecular weight excluding hydrogens is 260 g/mol. The topological polar surface area (TPSA) is 41.6 Å². The minimum absolute atomic E-state index is 0.0358. The molecule has 19 heavy (non-hydrogen) atoms. The van der Waals surface area contributed by atoms with Crippen LogP contribution in [0.15, 0.2) is 17.5 Å². The molecule has 0 radical (unpaired) electrons. The molecule has 1 saturated heterocycles. The van der Waals surface area contributed by atoms with Crippen LogP contribution in [0, 0.1) is 0 Å². The summed E-state index contributed by atoms with van der Waals surface area (Å²) in [7, 11) is 0. The van der Waals surface area contributed by atoms with Crippen LogP contribution >= 0.6 is 11.3 Å². The number of hydrogen-bond acceptors (Lipinski definition) is 4. The molecule has 2 atom stereocenters. The first kappa shape index (κ1) is 14.5. The molecule has 0 saturated carbocycles. The molecule has 0 aromatic carbocycles. The van der Waals surface area contributed by atoms with Gasteiger partial charge in [0.2, 0.25) is 5.91 Å². The third kappa shape index (κ3) is 3.55. The van der Waals surface area contributed by atoms with Gasteiger partial charge in [0.25, 0.3) is 0 Å². The maximum atomic E-state index is 12.2. The van der Waals surface area contributed by atoms with Crippen molar-refractivity contribution in [1.29, 1.82) is 0 Å². The van der Waals surface area contributed by atoms with E-state index < -0.39 is 0 Å². The standard InChI is InChI=1S/C14H22N2O2S/c1-3-8-18-9-5-7-16-13(12-6-4-10-19-12)15-11(2)14(16)17/h4,6,10-11,13,15H,3,5,7-9H2,1-2H3. The first-order chi connectivity index (χ1) is 9.24. The molecular formula is C14H22N2O2S. The average molecular weight is 282 g/mol. The van der Waals surface area contributed by atoms with Crippen molar-refractivity contribution >= 4 is 17.2 Å². The van der Waals surface area contributed by atoms with E-state index in [1.807, 2.05) is 23.3 Å². The average Bonchev–Trinajstić information content (AvgIpc) is 3.01. The van der Waals surface area contributed by atoms with Crippen LogP contribution in [0.2, 0.25) is 0 Å². The van der Waals surface area contributed by atoms with Gasteiger partial charge in [-0.05, 0) is 31.2 Å². The summed E-state index contributed by atoms with van der Waals surface area (Å²) in [6.07, 6.45) is 1.97. The number of carbonyl (C=O) groups is 1. The van der Waals surface area contributed by atoms with E-state index in [0.29, 0.717) is 0 Å². The van der Waals surface area contributed by atoms with Gasteiger partial charge >= 0.3 is 0 Å². The monoisotopic (exact) mass is 282 g/mol. The summed E-state index contributed by atoms with van der Waals surface area (Å²) in [4.78, 5) is 15.3. The second-order valence-electron chi connectivity index (χ2n) is 4.80. The number of rotatable bonds is 7. The molecule has 1 fully saturated rings. The number of nitrogens with one attached hydrogen (secondary N) is 1. The Kier molecular flexibility index (Phi) is 5.36. The van der Waals surface area contributed by atoms with Crippen molar-refractivity contribution < 1.29 is 9.53 Å². The van der Waals surface area contributed by atoms with Crippen molar-refractivity contribution in [3.63, 3.8) is 0 Å². The van der Waals surface area contributed by atoms with Crippen LogP contribution in [0.5, 0.6) is 0 Å². The first-order valence-corrected chi connectivity index (χ1v) is 7.79. The summed E-state index contributed by atoms with van der Waals surface area (Å²) in [6, 6.07) is 4.01. The van der Waals surface area contributed by atoms with Crippen molar-refractivity contribution in [2.24, 2.45) is 0 Å². The lowest BCUT2D eigenvalue weighted by molar-refractivity contribution is -0.130. The van der Waals surface area contributed by atoms with Crippen molar-refractivity contribution in [3.8, 4) is 0 Å². The Hall–Kier alpha value is -0.910. The molecule has 1 N–H and O–H groups in total. The van der Waals surface area contributed by atoms with Crippen LogP contribution in [-0.4, -0.2) is 36.6 Å². The van der Waals surface area contributed by atoms with Gasteiger partial charge in [0, 0.05) is 24.6 Å². The predicted octanol–water partition coefficient (Wildman–Crippen LogP) is 2.38. The molecule has 2 rings (SSSR count). The zero-order chi connectivity index (χ0) is 13.7. The van der Waals surface area contributed by atoms with Gasteiger partial charge in [-0.2, -0.15) is 0 Å². The molecule has 0 bridgehead atoms. The fraction of sp³-hybridized carbons (Fsp3) is 0.643. The van der Waals surface area contributed by atoms with Gasteiger partial charge in [0.1, 0.15) is 6.17 Å². The lowest BCUT2D eigenvalue weighted by Crippen LogP contribution is -2.31. The van der Waals surface area contributed by atoms with Crippen molar-refractivity contribution in [3.05, 3.63) is 22.4 Å². The Balaban J connectivity index is 1.89. The highest BCUT2D eigenvalue weighted by Gasteiger charge is 2.36. The number of hydrogen-bond donors (Lipinski definition) is 1. The molecule has 2 unspecified atom stereocenters. The van der Waals surface area contributed by atoms with Crippen LogP contribution < -0.4 is 5.32 Å². The molecule has 1 amide bonds. The van der Waals surface area contributed by atoms with Gasteiger partial charge < -0.3 is 9.64 Å². The fourth-order valence-electron chi connectivity index (χ4n) is 2.28. The molecule has 5 heteroatoms. The van der Waals surface area contributed by atoms with Crippen LogP contribution in [0.3, 0.4) is 0 Å². The van der Waals surface area contributed by atoms with E-state index in [2.05, 4.69) is 18.3 Å². The second-order valence-corrected chi connectivity index (χ2v) is 5.78. The third-order valence-corrected chi connectivity index (χ3v) is 4.15. The van der Waals surface area contributed by atoms with E-state index in [1.165, 1.54) is 4.88 Å². The zero-order valence-corrected chi connectivity index (χ0v) is 12.4. The van der Waals surface area contributed by atoms with Crippen LogP contribution in [-0.2, 0) is 9.53 Å². The smallest absolute Gasteiger partial charge is 0.241 e. The summed E-state index contributed by atoms with van der Waals surface area (Å²) in [5.74, 6) is 0.189. The fourth-order valence-corrected chi connectivity index (χ4v) is 3.07. The van der Waals surface area contributed by atoms with Crippen LogP contribution in [0.4, 0.5) is 0 Å². The van der Waals surface area contributed by atoms with Gasteiger partial charge in [-0.25, -0.2) is 0 Å². The second kappa shape index (κ2) is 7.03. The minimum Gasteiger partial charge on any atom is -0.381 e. The van der Waals surface area contributed by atoms with Crippen molar-refractivity contribution in [2.45, 2.75) is 38.9 Å². The Morgan fingerprint density at radius 1 is 1.47 bits per heavy atom. The predicted molar refractivity (Wildman–Crippen MR) is 77.1 cm³/mol. The van der Waals surface area contributed by atoms with Gasteiger partial charge in [-0.1, -0.05) is 13.0 Å². The van der Waals surface area contributed by atoms with Crippen molar-refractivity contribution in [1.82, 2.24) is 10.2 Å². The van der Waals surface area contributed by atoms with Crippen molar-refractivity contribution in [2.75, 3.05) is 19.8 Å². The minimum atomic E-state index is -0.0938. The quantitative estimate of drug-likeness (QED) is 0.781. The number of carbonyl (C=O) groups excluding carboxylic acids is 1. The van der Waals surface area contributed by atoms with Gasteiger partial charge in [-0.15, -0.1) is 11.3 Å². The van der Waals surface area contributed by atoms with E-state index >= 15 is 0 Å². The van der Waals surface area contributed by atoms with Gasteiger partial charge in [0.15, 0.2) is 0 Å².